The Bertz CT molecular complexity index is 785. The normalized spacial score (nSPS) is 15.8. The number of thiazole rings is 1. The summed E-state index contributed by atoms with van der Waals surface area (Å²) < 4.78 is 1.21. The van der Waals surface area contributed by atoms with Crippen molar-refractivity contribution in [1.82, 2.24) is 4.98 Å². The van der Waals surface area contributed by atoms with Crippen molar-refractivity contribution < 1.29 is 0 Å². The summed E-state index contributed by atoms with van der Waals surface area (Å²) >= 11 is 1.71. The molecule has 1 heterocycles. The van der Waals surface area contributed by atoms with Crippen LogP contribution in [-0.4, -0.2) is 11.0 Å². The largest absolute Gasteiger partial charge is 0.397 e. The quantitative estimate of drug-likeness (QED) is 0.644. The van der Waals surface area contributed by atoms with E-state index in [1.54, 1.807) is 11.3 Å². The molecule has 4 heteroatoms. The number of nitrogens with zero attached hydrogens (tertiary/aromatic N) is 1. The average Bonchev–Trinajstić information content (AvgIpc) is 3.02. The Kier molecular flexibility index (Phi) is 3.92. The van der Waals surface area contributed by atoms with Crippen LogP contribution in [0.25, 0.3) is 20.8 Å². The van der Waals surface area contributed by atoms with Crippen LogP contribution in [-0.2, 0) is 0 Å². The maximum Gasteiger partial charge on any atom is 0.124 e. The van der Waals surface area contributed by atoms with E-state index >= 15 is 0 Å². The molecule has 23 heavy (non-hydrogen) atoms. The van der Waals surface area contributed by atoms with Gasteiger partial charge in [-0.25, -0.2) is 4.98 Å². The molecule has 0 saturated heterocycles. The van der Waals surface area contributed by atoms with Crippen LogP contribution >= 0.6 is 11.3 Å². The third-order valence-electron chi connectivity index (χ3n) is 4.56. The molecule has 1 fully saturated rings. The zero-order chi connectivity index (χ0) is 15.6. The van der Waals surface area contributed by atoms with Gasteiger partial charge < -0.3 is 11.1 Å². The Morgan fingerprint density at radius 3 is 2.65 bits per heavy atom. The number of anilines is 2. The van der Waals surface area contributed by atoms with Crippen LogP contribution in [0.2, 0.25) is 0 Å². The van der Waals surface area contributed by atoms with Gasteiger partial charge in [-0.1, -0.05) is 31.4 Å². The molecule has 1 aromatic heterocycles. The van der Waals surface area contributed by atoms with Crippen molar-refractivity contribution in [3.05, 3.63) is 42.5 Å². The Labute approximate surface area is 140 Å². The van der Waals surface area contributed by atoms with E-state index in [1.807, 2.05) is 12.1 Å². The summed E-state index contributed by atoms with van der Waals surface area (Å²) in [6.45, 7) is 0. The minimum absolute atomic E-state index is 0.569. The van der Waals surface area contributed by atoms with Gasteiger partial charge in [-0.2, -0.15) is 0 Å². The molecule has 4 rings (SSSR count). The number of benzene rings is 2. The van der Waals surface area contributed by atoms with E-state index in [0.29, 0.717) is 6.04 Å². The van der Waals surface area contributed by atoms with E-state index in [-0.39, 0.29) is 0 Å². The average molecular weight is 323 g/mol. The van der Waals surface area contributed by atoms with E-state index in [2.05, 4.69) is 35.6 Å². The van der Waals surface area contributed by atoms with Gasteiger partial charge in [-0.3, -0.25) is 0 Å². The number of nitrogen functional groups attached to an aromatic ring is 1. The second-order valence-electron chi connectivity index (χ2n) is 6.27. The van der Waals surface area contributed by atoms with Gasteiger partial charge in [0.05, 0.1) is 21.6 Å². The van der Waals surface area contributed by atoms with Crippen molar-refractivity contribution in [2.45, 2.75) is 38.1 Å². The molecule has 1 saturated carbocycles. The predicted octanol–water partition coefficient (Wildman–Crippen LogP) is 5.29. The standard InChI is InChI=1S/C19H21N3S/c20-15-12-13(19-22-17-8-4-5-9-18(17)23-19)10-11-16(15)21-14-6-2-1-3-7-14/h4-5,8-12,14,21H,1-3,6-7,20H2. The highest BCUT2D eigenvalue weighted by molar-refractivity contribution is 7.21. The minimum Gasteiger partial charge on any atom is -0.397 e. The molecule has 0 spiro atoms. The minimum atomic E-state index is 0.569. The van der Waals surface area contributed by atoms with Crippen LogP contribution in [0.3, 0.4) is 0 Å². The van der Waals surface area contributed by atoms with Crippen molar-refractivity contribution >= 4 is 32.9 Å². The van der Waals surface area contributed by atoms with E-state index in [4.69, 9.17) is 10.7 Å². The van der Waals surface area contributed by atoms with Crippen molar-refractivity contribution in [2.75, 3.05) is 11.1 Å². The molecule has 3 nitrogen and oxygen atoms in total. The summed E-state index contributed by atoms with van der Waals surface area (Å²) in [5.41, 5.74) is 10.3. The van der Waals surface area contributed by atoms with Crippen LogP contribution < -0.4 is 11.1 Å². The lowest BCUT2D eigenvalue weighted by atomic mass is 9.95. The van der Waals surface area contributed by atoms with Gasteiger partial charge in [0.15, 0.2) is 0 Å². The summed E-state index contributed by atoms with van der Waals surface area (Å²) in [4.78, 5) is 4.71. The Balaban J connectivity index is 1.59. The highest BCUT2D eigenvalue weighted by Gasteiger charge is 2.14. The van der Waals surface area contributed by atoms with Crippen molar-refractivity contribution in [1.29, 1.82) is 0 Å². The van der Waals surface area contributed by atoms with Crippen LogP contribution in [0, 0.1) is 0 Å². The Morgan fingerprint density at radius 1 is 1.04 bits per heavy atom. The van der Waals surface area contributed by atoms with Crippen LogP contribution in [0.5, 0.6) is 0 Å². The highest BCUT2D eigenvalue weighted by Crippen LogP contribution is 2.33. The molecule has 118 valence electrons. The van der Waals surface area contributed by atoms with Crippen molar-refractivity contribution in [3.8, 4) is 10.6 Å². The number of nitrogens with one attached hydrogen (secondary N) is 1. The first-order valence-corrected chi connectivity index (χ1v) is 9.13. The molecular weight excluding hydrogens is 302 g/mol. The number of hydrogen-bond acceptors (Lipinski definition) is 4. The number of fused-ring (bicyclic) bond motifs is 1. The fourth-order valence-electron chi connectivity index (χ4n) is 3.29. The Morgan fingerprint density at radius 2 is 1.87 bits per heavy atom. The number of rotatable bonds is 3. The molecule has 3 aromatic rings. The third-order valence-corrected chi connectivity index (χ3v) is 5.64. The summed E-state index contributed by atoms with van der Waals surface area (Å²) in [7, 11) is 0. The molecule has 1 aliphatic rings. The lowest BCUT2D eigenvalue weighted by molar-refractivity contribution is 0.463. The molecule has 0 bridgehead atoms. The second-order valence-corrected chi connectivity index (χ2v) is 7.30. The van der Waals surface area contributed by atoms with Gasteiger partial charge in [0.2, 0.25) is 0 Å². The molecule has 3 N–H and O–H groups in total. The zero-order valence-electron chi connectivity index (χ0n) is 13.1. The molecule has 0 radical (unpaired) electrons. The second kappa shape index (κ2) is 6.20. The SMILES string of the molecule is Nc1cc(-c2nc3ccccc3s2)ccc1NC1CCCCC1. The summed E-state index contributed by atoms with van der Waals surface area (Å²) in [6.07, 6.45) is 6.51. The molecule has 1 aliphatic carbocycles. The van der Waals surface area contributed by atoms with Gasteiger partial charge in [0, 0.05) is 11.6 Å². The molecule has 0 atom stereocenters. The van der Waals surface area contributed by atoms with Gasteiger partial charge in [-0.15, -0.1) is 11.3 Å². The van der Waals surface area contributed by atoms with E-state index in [0.717, 1.165) is 27.5 Å². The number of nitrogens with two attached hydrogens (primary N) is 1. The summed E-state index contributed by atoms with van der Waals surface area (Å²) in [5.74, 6) is 0. The molecule has 2 aromatic carbocycles. The number of aromatic nitrogens is 1. The topological polar surface area (TPSA) is 50.9 Å². The van der Waals surface area contributed by atoms with Crippen LogP contribution in [0.1, 0.15) is 32.1 Å². The highest BCUT2D eigenvalue weighted by atomic mass is 32.1. The Hall–Kier alpha value is -2.07. The van der Waals surface area contributed by atoms with Crippen LogP contribution in [0.15, 0.2) is 42.5 Å². The first kappa shape index (κ1) is 14.5. The lowest BCUT2D eigenvalue weighted by Crippen LogP contribution is -2.22. The molecule has 0 amide bonds. The van der Waals surface area contributed by atoms with E-state index in [1.165, 1.54) is 36.8 Å². The lowest BCUT2D eigenvalue weighted by Gasteiger charge is -2.24. The number of hydrogen-bond donors (Lipinski definition) is 2. The van der Waals surface area contributed by atoms with Crippen molar-refractivity contribution in [2.24, 2.45) is 0 Å². The maximum atomic E-state index is 6.28. The molecular formula is C19H21N3S. The summed E-state index contributed by atoms with van der Waals surface area (Å²) in [5, 5.41) is 4.64. The number of para-hydroxylation sites is 1. The van der Waals surface area contributed by atoms with Crippen LogP contribution in [0.4, 0.5) is 11.4 Å². The summed E-state index contributed by atoms with van der Waals surface area (Å²) in [6, 6.07) is 15.1. The predicted molar refractivity (Wildman–Crippen MR) is 100.0 cm³/mol. The van der Waals surface area contributed by atoms with Crippen molar-refractivity contribution in [3.63, 3.8) is 0 Å². The monoisotopic (exact) mass is 323 g/mol. The molecule has 0 unspecified atom stereocenters. The third kappa shape index (κ3) is 3.04. The zero-order valence-corrected chi connectivity index (χ0v) is 13.9. The smallest absolute Gasteiger partial charge is 0.124 e. The van der Waals surface area contributed by atoms with E-state index in [9.17, 15) is 0 Å². The van der Waals surface area contributed by atoms with Gasteiger partial charge in [0.1, 0.15) is 5.01 Å². The van der Waals surface area contributed by atoms with E-state index < -0.39 is 0 Å². The fourth-order valence-corrected chi connectivity index (χ4v) is 4.25. The first-order valence-electron chi connectivity index (χ1n) is 8.31. The van der Waals surface area contributed by atoms with Gasteiger partial charge in [0.25, 0.3) is 0 Å². The first-order chi connectivity index (χ1) is 11.3. The van der Waals surface area contributed by atoms with Gasteiger partial charge in [-0.05, 0) is 43.2 Å². The molecule has 0 aliphatic heterocycles. The fraction of sp³-hybridized carbons (Fsp3) is 0.316. The van der Waals surface area contributed by atoms with Gasteiger partial charge >= 0.3 is 0 Å². The maximum absolute atomic E-state index is 6.28.